The first kappa shape index (κ1) is 18.5. The topological polar surface area (TPSA) is 32.3 Å². The van der Waals surface area contributed by atoms with Gasteiger partial charge in [0.2, 0.25) is 0 Å². The van der Waals surface area contributed by atoms with Crippen molar-refractivity contribution >= 4 is 0 Å². The van der Waals surface area contributed by atoms with Gasteiger partial charge in [-0.1, -0.05) is 48.5 Å². The summed E-state index contributed by atoms with van der Waals surface area (Å²) in [7, 11) is 0. The molecule has 0 saturated heterocycles. The molecule has 2 aromatic rings. The molecule has 0 unspecified atom stereocenters. The van der Waals surface area contributed by atoms with Crippen LogP contribution in [0.5, 0.6) is 0 Å². The monoisotopic (exact) mass is 337 g/mol. The fraction of sp³-hybridized carbons (Fsp3) is 0.368. The second-order valence-electron chi connectivity index (χ2n) is 6.04. The third-order valence-corrected chi connectivity index (χ3v) is 3.86. The fourth-order valence-electron chi connectivity index (χ4n) is 2.76. The maximum Gasteiger partial charge on any atom is 0.416 e. The van der Waals surface area contributed by atoms with Crippen molar-refractivity contribution in [3.8, 4) is 0 Å². The zero-order valence-electron chi connectivity index (χ0n) is 13.6. The lowest BCUT2D eigenvalue weighted by atomic mass is 10.0. The Labute approximate surface area is 140 Å². The minimum absolute atomic E-state index is 0.0260. The summed E-state index contributed by atoms with van der Waals surface area (Å²) in [6.45, 7) is 1.88. The van der Waals surface area contributed by atoms with Crippen LogP contribution < -0.4 is 5.32 Å². The first-order valence-electron chi connectivity index (χ1n) is 7.95. The van der Waals surface area contributed by atoms with E-state index in [2.05, 4.69) is 5.32 Å². The fourth-order valence-corrected chi connectivity index (χ4v) is 2.76. The Morgan fingerprint density at radius 3 is 2.25 bits per heavy atom. The molecule has 0 amide bonds. The Morgan fingerprint density at radius 1 is 0.958 bits per heavy atom. The highest BCUT2D eigenvalue weighted by atomic mass is 19.4. The number of hydrogen-bond acceptors (Lipinski definition) is 2. The number of benzene rings is 2. The number of halogens is 3. The molecule has 2 atom stereocenters. The molecule has 0 fully saturated rings. The van der Waals surface area contributed by atoms with Crippen molar-refractivity contribution in [2.75, 3.05) is 6.61 Å². The van der Waals surface area contributed by atoms with Crippen LogP contribution in [-0.2, 0) is 19.0 Å². The minimum atomic E-state index is -4.33. The number of alkyl halides is 3. The van der Waals surface area contributed by atoms with Gasteiger partial charge in [-0.15, -0.1) is 0 Å². The van der Waals surface area contributed by atoms with Crippen LogP contribution in [0.15, 0.2) is 54.6 Å². The molecule has 0 radical (unpaired) electrons. The van der Waals surface area contributed by atoms with Gasteiger partial charge in [0, 0.05) is 12.1 Å². The van der Waals surface area contributed by atoms with Gasteiger partial charge in [0.25, 0.3) is 0 Å². The van der Waals surface area contributed by atoms with E-state index in [1.54, 1.807) is 6.07 Å². The number of aliphatic hydroxyl groups is 1. The molecule has 2 nitrogen and oxygen atoms in total. The molecule has 2 aromatic carbocycles. The van der Waals surface area contributed by atoms with Crippen molar-refractivity contribution in [3.05, 3.63) is 71.3 Å². The van der Waals surface area contributed by atoms with Gasteiger partial charge in [0.15, 0.2) is 0 Å². The highest BCUT2D eigenvalue weighted by Crippen LogP contribution is 2.29. The molecule has 0 aliphatic rings. The Hall–Kier alpha value is -1.85. The predicted molar refractivity (Wildman–Crippen MR) is 88.8 cm³/mol. The Kier molecular flexibility index (Phi) is 6.40. The average molecular weight is 337 g/mol. The first-order valence-corrected chi connectivity index (χ1v) is 7.95. The van der Waals surface area contributed by atoms with E-state index in [0.717, 1.165) is 11.6 Å². The van der Waals surface area contributed by atoms with Gasteiger partial charge < -0.3 is 10.4 Å². The summed E-state index contributed by atoms with van der Waals surface area (Å²) in [5.74, 6) is 0. The normalized spacial score (nSPS) is 14.4. The Morgan fingerprint density at radius 2 is 1.62 bits per heavy atom. The zero-order valence-corrected chi connectivity index (χ0v) is 13.6. The lowest BCUT2D eigenvalue weighted by Crippen LogP contribution is -2.41. The predicted octanol–water partition coefficient (Wildman–Crippen LogP) is 3.83. The van der Waals surface area contributed by atoms with Crippen LogP contribution in [0.1, 0.15) is 23.6 Å². The molecule has 130 valence electrons. The number of rotatable bonds is 7. The van der Waals surface area contributed by atoms with Crippen molar-refractivity contribution in [2.24, 2.45) is 0 Å². The standard InChI is InChI=1S/C19H22F3NO/c1-14(10-16-8-5-9-17(11-16)19(20,21)22)23-18(13-24)12-15-6-3-2-4-7-15/h2-9,11,14,18,23-24H,10,12-13H2,1H3/t14-,18+/m0/s1. The molecule has 0 aliphatic carbocycles. The van der Waals surface area contributed by atoms with Gasteiger partial charge in [-0.3, -0.25) is 0 Å². The molecule has 0 saturated carbocycles. The van der Waals surface area contributed by atoms with Crippen molar-refractivity contribution in [1.29, 1.82) is 0 Å². The Bertz CT molecular complexity index is 628. The molecule has 2 rings (SSSR count). The third kappa shape index (κ3) is 5.65. The molecule has 24 heavy (non-hydrogen) atoms. The van der Waals surface area contributed by atoms with E-state index < -0.39 is 11.7 Å². The SMILES string of the molecule is C[C@@H](Cc1cccc(C(F)(F)F)c1)N[C@@H](CO)Cc1ccccc1. The molecule has 0 spiro atoms. The van der Waals surface area contributed by atoms with Crippen LogP contribution in [-0.4, -0.2) is 23.8 Å². The molecule has 0 heterocycles. The van der Waals surface area contributed by atoms with Crippen LogP contribution in [0, 0.1) is 0 Å². The largest absolute Gasteiger partial charge is 0.416 e. The summed E-state index contributed by atoms with van der Waals surface area (Å²) in [5.41, 5.74) is 1.10. The van der Waals surface area contributed by atoms with Crippen LogP contribution in [0.3, 0.4) is 0 Å². The van der Waals surface area contributed by atoms with Gasteiger partial charge >= 0.3 is 6.18 Å². The lowest BCUT2D eigenvalue weighted by Gasteiger charge is -2.22. The number of aliphatic hydroxyl groups excluding tert-OH is 1. The highest BCUT2D eigenvalue weighted by Gasteiger charge is 2.30. The summed E-state index contributed by atoms with van der Waals surface area (Å²) in [6, 6.07) is 15.0. The van der Waals surface area contributed by atoms with Gasteiger partial charge in [-0.25, -0.2) is 0 Å². The van der Waals surface area contributed by atoms with Crippen LogP contribution in [0.25, 0.3) is 0 Å². The summed E-state index contributed by atoms with van der Waals surface area (Å²) in [6.07, 6.45) is -3.19. The van der Waals surface area contributed by atoms with Gasteiger partial charge in [0.1, 0.15) is 0 Å². The van der Waals surface area contributed by atoms with Crippen LogP contribution in [0.2, 0.25) is 0 Å². The van der Waals surface area contributed by atoms with E-state index in [-0.39, 0.29) is 18.7 Å². The second kappa shape index (κ2) is 8.31. The lowest BCUT2D eigenvalue weighted by molar-refractivity contribution is -0.137. The van der Waals surface area contributed by atoms with Crippen LogP contribution in [0.4, 0.5) is 13.2 Å². The van der Waals surface area contributed by atoms with Gasteiger partial charge in [0.05, 0.1) is 12.2 Å². The molecule has 5 heteroatoms. The molecular weight excluding hydrogens is 315 g/mol. The highest BCUT2D eigenvalue weighted by molar-refractivity contribution is 5.26. The van der Waals surface area contributed by atoms with Gasteiger partial charge in [-0.05, 0) is 37.0 Å². The first-order chi connectivity index (χ1) is 11.4. The molecule has 0 bridgehead atoms. The van der Waals surface area contributed by atoms with Crippen molar-refractivity contribution < 1.29 is 18.3 Å². The summed E-state index contributed by atoms with van der Waals surface area (Å²) in [5, 5.41) is 12.8. The molecule has 2 N–H and O–H groups in total. The molecule has 0 aromatic heterocycles. The average Bonchev–Trinajstić information content (AvgIpc) is 2.54. The number of hydrogen-bond donors (Lipinski definition) is 2. The maximum atomic E-state index is 12.8. The molecule has 0 aliphatic heterocycles. The van der Waals surface area contributed by atoms with E-state index in [0.29, 0.717) is 18.4 Å². The smallest absolute Gasteiger partial charge is 0.395 e. The van der Waals surface area contributed by atoms with E-state index in [9.17, 15) is 18.3 Å². The number of nitrogens with one attached hydrogen (secondary N) is 1. The zero-order chi connectivity index (χ0) is 17.6. The molecular formula is C19H22F3NO. The van der Waals surface area contributed by atoms with E-state index >= 15 is 0 Å². The Balaban J connectivity index is 1.95. The summed E-state index contributed by atoms with van der Waals surface area (Å²) < 4.78 is 38.3. The van der Waals surface area contributed by atoms with E-state index in [1.807, 2.05) is 37.3 Å². The quantitative estimate of drug-likeness (QED) is 0.805. The van der Waals surface area contributed by atoms with E-state index in [4.69, 9.17) is 0 Å². The van der Waals surface area contributed by atoms with Gasteiger partial charge in [-0.2, -0.15) is 13.2 Å². The van der Waals surface area contributed by atoms with Crippen molar-refractivity contribution in [1.82, 2.24) is 5.32 Å². The van der Waals surface area contributed by atoms with E-state index in [1.165, 1.54) is 12.1 Å². The van der Waals surface area contributed by atoms with Crippen molar-refractivity contribution in [2.45, 2.75) is 38.0 Å². The second-order valence-corrected chi connectivity index (χ2v) is 6.04. The van der Waals surface area contributed by atoms with Crippen molar-refractivity contribution in [3.63, 3.8) is 0 Å². The maximum absolute atomic E-state index is 12.8. The van der Waals surface area contributed by atoms with Crippen LogP contribution >= 0.6 is 0 Å². The summed E-state index contributed by atoms with van der Waals surface area (Å²) >= 11 is 0. The minimum Gasteiger partial charge on any atom is -0.395 e. The summed E-state index contributed by atoms with van der Waals surface area (Å²) in [4.78, 5) is 0. The third-order valence-electron chi connectivity index (χ3n) is 3.86.